The van der Waals surface area contributed by atoms with Crippen LogP contribution in [0.15, 0.2) is 170 Å². The summed E-state index contributed by atoms with van der Waals surface area (Å²) in [6, 6.07) is 60.0. The first kappa shape index (κ1) is 46.6. The van der Waals surface area contributed by atoms with Crippen LogP contribution in [-0.4, -0.2) is 16.2 Å². The van der Waals surface area contributed by atoms with Gasteiger partial charge in [-0.1, -0.05) is 168 Å². The van der Waals surface area contributed by atoms with E-state index in [1.165, 1.54) is 67.0 Å². The lowest BCUT2D eigenvalue weighted by atomic mass is 9.78. The molecule has 1 aliphatic heterocycles. The van der Waals surface area contributed by atoms with Gasteiger partial charge in [-0.15, -0.1) is 0 Å². The summed E-state index contributed by atoms with van der Waals surface area (Å²) in [4.78, 5) is 9.98. The van der Waals surface area contributed by atoms with Crippen molar-refractivity contribution in [2.75, 3.05) is 16.5 Å². The molecule has 1 aliphatic rings. The van der Waals surface area contributed by atoms with Crippen molar-refractivity contribution < 1.29 is 4.74 Å². The molecule has 3 heterocycles. The maximum atomic E-state index is 6.92. The first-order chi connectivity index (χ1) is 33.4. The third kappa shape index (κ3) is 8.54. The minimum Gasteiger partial charge on any atom is -0.457 e. The molecule has 0 amide bonds. The lowest BCUT2D eigenvalue weighted by Gasteiger charge is -2.29. The van der Waals surface area contributed by atoms with Gasteiger partial charge in [-0.3, -0.25) is 4.57 Å². The van der Waals surface area contributed by atoms with Gasteiger partial charge in [-0.05, 0) is 134 Å². The molecule has 9 aromatic rings. The number of hydrogen-bond donors (Lipinski definition) is 0. The normalized spacial score (nSPS) is 13.3. The van der Waals surface area contributed by atoms with Crippen LogP contribution < -0.4 is 14.5 Å². The van der Waals surface area contributed by atoms with E-state index in [9.17, 15) is 0 Å². The molecule has 70 heavy (non-hydrogen) atoms. The zero-order valence-corrected chi connectivity index (χ0v) is 43.2. The molecule has 2 aromatic heterocycles. The zero-order valence-electron chi connectivity index (χ0n) is 43.2. The highest BCUT2D eigenvalue weighted by Crippen LogP contribution is 2.49. The Morgan fingerprint density at radius 3 is 1.79 bits per heavy atom. The van der Waals surface area contributed by atoms with Gasteiger partial charge in [0.15, 0.2) is 0 Å². The van der Waals surface area contributed by atoms with Gasteiger partial charge in [0.1, 0.15) is 24.0 Å². The second kappa shape index (κ2) is 17.7. The van der Waals surface area contributed by atoms with Crippen molar-refractivity contribution in [1.82, 2.24) is 9.55 Å². The summed E-state index contributed by atoms with van der Waals surface area (Å²) in [5, 5.41) is 2.33. The van der Waals surface area contributed by atoms with E-state index in [-0.39, 0.29) is 16.2 Å². The summed E-state index contributed by atoms with van der Waals surface area (Å²) in [5.74, 6) is 3.18. The maximum absolute atomic E-state index is 6.92. The summed E-state index contributed by atoms with van der Waals surface area (Å²) in [6.45, 7) is 28.4. The Kier molecular flexibility index (Phi) is 11.8. The van der Waals surface area contributed by atoms with E-state index < -0.39 is 0 Å². The fourth-order valence-electron chi connectivity index (χ4n) is 10.4. The highest BCUT2D eigenvalue weighted by molar-refractivity contribution is 6.09. The number of ether oxygens (including phenoxy) is 1. The number of pyridine rings is 1. The molecule has 0 aliphatic carbocycles. The molecule has 354 valence electrons. The minimum atomic E-state index is -0.215. The van der Waals surface area contributed by atoms with Crippen molar-refractivity contribution in [2.45, 2.75) is 111 Å². The number of nitrogens with zero attached hydrogens (tertiary/aromatic N) is 4. The number of hydrogen-bond acceptors (Lipinski definition) is 4. The fraction of sp³-hybridized carbons (Fsp3) is 0.277. The van der Waals surface area contributed by atoms with Gasteiger partial charge in [-0.2, -0.15) is 0 Å². The lowest BCUT2D eigenvalue weighted by molar-refractivity contribution is 0.483. The average Bonchev–Trinajstić information content (AvgIpc) is 3.89. The molecule has 5 heteroatoms. The van der Waals surface area contributed by atoms with Crippen molar-refractivity contribution in [3.05, 3.63) is 203 Å². The largest absolute Gasteiger partial charge is 0.457 e. The second-order valence-corrected chi connectivity index (χ2v) is 22.6. The highest BCUT2D eigenvalue weighted by Gasteiger charge is 2.32. The third-order valence-electron chi connectivity index (χ3n) is 14.7. The number of fused-ring (bicyclic) bond motifs is 4. The molecule has 0 saturated carbocycles. The van der Waals surface area contributed by atoms with Crippen LogP contribution in [0.4, 0.5) is 22.7 Å². The number of para-hydroxylation sites is 1. The van der Waals surface area contributed by atoms with Crippen molar-refractivity contribution >= 4 is 44.6 Å². The monoisotopic (exact) mass is 921 g/mol. The molecule has 7 aromatic carbocycles. The van der Waals surface area contributed by atoms with Crippen LogP contribution in [-0.2, 0) is 16.2 Å². The van der Waals surface area contributed by atoms with Crippen molar-refractivity contribution in [3.8, 4) is 28.4 Å². The van der Waals surface area contributed by atoms with E-state index in [1.54, 1.807) is 0 Å². The lowest BCUT2D eigenvalue weighted by Crippen LogP contribution is -2.25. The van der Waals surface area contributed by atoms with Crippen molar-refractivity contribution in [1.29, 1.82) is 0 Å². The van der Waals surface area contributed by atoms with Crippen LogP contribution in [0.1, 0.15) is 128 Å². The van der Waals surface area contributed by atoms with Crippen molar-refractivity contribution in [2.24, 2.45) is 0 Å². The van der Waals surface area contributed by atoms with Gasteiger partial charge in [0, 0.05) is 45.9 Å². The number of aromatic nitrogens is 2. The Balaban J connectivity index is 1.07. The summed E-state index contributed by atoms with van der Waals surface area (Å²) < 4.78 is 9.20. The van der Waals surface area contributed by atoms with Crippen LogP contribution in [0.25, 0.3) is 38.8 Å². The molecule has 0 unspecified atom stereocenters. The van der Waals surface area contributed by atoms with Crippen molar-refractivity contribution in [3.63, 3.8) is 0 Å². The van der Waals surface area contributed by atoms with E-state index in [0.717, 1.165) is 39.4 Å². The number of anilines is 4. The van der Waals surface area contributed by atoms with Gasteiger partial charge in [0.2, 0.25) is 0 Å². The molecule has 0 saturated heterocycles. The molecule has 10 rings (SSSR count). The molecule has 5 nitrogen and oxygen atoms in total. The van der Waals surface area contributed by atoms with Crippen LogP contribution >= 0.6 is 0 Å². The molecule has 0 radical (unpaired) electrons. The Hall–Kier alpha value is -7.11. The molecular weight excluding hydrogens is 853 g/mol. The van der Waals surface area contributed by atoms with Gasteiger partial charge in [-0.25, -0.2) is 4.98 Å². The first-order valence-corrected chi connectivity index (χ1v) is 25.2. The molecule has 0 spiro atoms. The van der Waals surface area contributed by atoms with Crippen LogP contribution in [0.5, 0.6) is 11.5 Å². The van der Waals surface area contributed by atoms with Crippen LogP contribution in [0, 0.1) is 0 Å². The summed E-state index contributed by atoms with van der Waals surface area (Å²) in [7, 11) is 0. The van der Waals surface area contributed by atoms with Gasteiger partial charge >= 0.3 is 0 Å². The second-order valence-electron chi connectivity index (χ2n) is 22.6. The van der Waals surface area contributed by atoms with E-state index in [0.29, 0.717) is 18.5 Å². The molecule has 0 fully saturated rings. The summed E-state index contributed by atoms with van der Waals surface area (Å²) in [5.41, 5.74) is 17.1. The first-order valence-electron chi connectivity index (χ1n) is 25.2. The Morgan fingerprint density at radius 2 is 1.10 bits per heavy atom. The van der Waals surface area contributed by atoms with Gasteiger partial charge < -0.3 is 14.5 Å². The Bertz CT molecular complexity index is 3340. The van der Waals surface area contributed by atoms with E-state index in [1.807, 2.05) is 6.20 Å². The maximum Gasteiger partial charge on any atom is 0.137 e. The topological polar surface area (TPSA) is 33.5 Å². The van der Waals surface area contributed by atoms with E-state index >= 15 is 0 Å². The molecule has 0 atom stereocenters. The number of rotatable bonds is 10. The number of benzene rings is 7. The van der Waals surface area contributed by atoms with Crippen LogP contribution in [0.2, 0.25) is 0 Å². The highest BCUT2D eigenvalue weighted by atomic mass is 16.5. The predicted octanol–water partition coefficient (Wildman–Crippen LogP) is 18.1. The molecule has 0 bridgehead atoms. The smallest absolute Gasteiger partial charge is 0.137 e. The quantitative estimate of drug-likeness (QED) is 0.137. The standard InChI is InChI=1S/C65H68N4O/c1-42(2)53-25-19-26-54(43(3)4)62(53)44-28-31-58-60(34-44)67(41-68(58)50-36-47(63(5,6)7)35-48(37-50)64(8,9)10)49-22-18-23-51(39-49)70-52-29-30-56-55-24-16-17-27-57(55)69(59(56)40-52)61-38-46(32-33-66-61)65(11,12)45-20-14-13-15-21-45/h13-40,42-43H,41H2,1-12H3. The van der Waals surface area contributed by atoms with Gasteiger partial charge in [0.25, 0.3) is 0 Å². The zero-order chi connectivity index (χ0) is 49.3. The predicted molar refractivity (Wildman–Crippen MR) is 297 cm³/mol. The summed E-state index contributed by atoms with van der Waals surface area (Å²) in [6.07, 6.45) is 1.94. The average molecular weight is 921 g/mol. The third-order valence-corrected chi connectivity index (χ3v) is 14.7. The van der Waals surface area contributed by atoms with E-state index in [2.05, 4.69) is 261 Å². The minimum absolute atomic E-state index is 0.0151. The van der Waals surface area contributed by atoms with Crippen LogP contribution in [0.3, 0.4) is 0 Å². The Morgan fingerprint density at radius 1 is 0.471 bits per heavy atom. The van der Waals surface area contributed by atoms with Gasteiger partial charge in [0.05, 0.1) is 22.4 Å². The fourth-order valence-corrected chi connectivity index (χ4v) is 10.4. The molecule has 0 N–H and O–H groups in total. The summed E-state index contributed by atoms with van der Waals surface area (Å²) >= 11 is 0. The molecular formula is C65H68N4O. The van der Waals surface area contributed by atoms with E-state index in [4.69, 9.17) is 9.72 Å². The SMILES string of the molecule is CC(C)c1cccc(C(C)C)c1-c1ccc2c(c1)N(c1cccc(Oc3ccc4c5ccccc5n(-c5cc(C(C)(C)c6ccccc6)ccn5)c4c3)c1)CN2c1cc(C(C)(C)C)cc(C(C)(C)C)c1. The Labute approximate surface area is 416 Å².